The monoisotopic (exact) mass is 488 g/mol. The van der Waals surface area contributed by atoms with E-state index in [1.54, 1.807) is 0 Å². The van der Waals surface area contributed by atoms with Gasteiger partial charge in [0.15, 0.2) is 0 Å². The largest absolute Gasteiger partial charge is 0.480 e. The molecule has 11 heteroatoms. The van der Waals surface area contributed by atoms with Gasteiger partial charge < -0.3 is 25.6 Å². The van der Waals surface area contributed by atoms with Gasteiger partial charge in [-0.1, -0.05) is 77.6 Å². The molecule has 0 saturated heterocycles. The van der Waals surface area contributed by atoms with Crippen LogP contribution in [0.15, 0.2) is 0 Å². The lowest BCUT2D eigenvalue weighted by molar-refractivity contribution is -0.147. The van der Waals surface area contributed by atoms with Gasteiger partial charge in [0, 0.05) is 6.42 Å². The molecule has 0 aromatic rings. The molecule has 0 radical (unpaired) electrons. The summed E-state index contributed by atoms with van der Waals surface area (Å²) in [6.45, 7) is -6.54. The summed E-state index contributed by atoms with van der Waals surface area (Å²) in [5, 5.41) is 18.8. The molecule has 190 valence electrons. The van der Waals surface area contributed by atoms with Gasteiger partial charge in [0.25, 0.3) is 0 Å². The summed E-state index contributed by atoms with van der Waals surface area (Å²) in [4.78, 5) is 32.2. The molecule has 0 saturated carbocycles. The zero-order valence-electron chi connectivity index (χ0n) is 23.8. The SMILES string of the molecule is [2H]C([2H])(OC(=O)CCCCCCCCCCCCCC)[C@@]([2H])(O)C([2H])([2H])OP(=O)(O)OC[C@H](N)C(=O)O. The van der Waals surface area contributed by atoms with E-state index in [4.69, 9.17) is 17.7 Å². The zero-order valence-corrected chi connectivity index (χ0v) is 19.7. The minimum atomic E-state index is -5.46. The fourth-order valence-corrected chi connectivity index (χ4v) is 3.26. The highest BCUT2D eigenvalue weighted by Crippen LogP contribution is 2.43. The zero-order chi connectivity index (χ0) is 28.8. The lowest BCUT2D eigenvalue weighted by atomic mass is 10.0. The van der Waals surface area contributed by atoms with E-state index in [2.05, 4.69) is 20.7 Å². The van der Waals surface area contributed by atoms with Crippen LogP contribution < -0.4 is 5.73 Å². The molecule has 0 aliphatic rings. The molecular formula is C21H42NO9P. The number of phosphoric acid groups is 1. The van der Waals surface area contributed by atoms with E-state index in [1.807, 2.05) is 0 Å². The molecule has 0 aromatic heterocycles. The van der Waals surface area contributed by atoms with Gasteiger partial charge in [0.2, 0.25) is 0 Å². The maximum atomic E-state index is 12.0. The molecule has 1 unspecified atom stereocenters. The molecule has 0 amide bonds. The topological polar surface area (TPSA) is 166 Å². The number of carboxylic acid groups (broad SMARTS) is 1. The number of carboxylic acids is 1. The van der Waals surface area contributed by atoms with Crippen molar-refractivity contribution in [1.29, 1.82) is 0 Å². The lowest BCUT2D eigenvalue weighted by Gasteiger charge is -2.16. The highest BCUT2D eigenvalue weighted by atomic mass is 31.2. The van der Waals surface area contributed by atoms with Crippen LogP contribution in [-0.2, 0) is 27.9 Å². The number of unbranched alkanes of at least 4 members (excludes halogenated alkanes) is 11. The summed E-state index contributed by atoms with van der Waals surface area (Å²) in [7, 11) is -5.46. The van der Waals surface area contributed by atoms with Crippen LogP contribution in [0.4, 0.5) is 0 Å². The van der Waals surface area contributed by atoms with Gasteiger partial charge in [-0.2, -0.15) is 0 Å². The van der Waals surface area contributed by atoms with Crippen molar-refractivity contribution in [3.05, 3.63) is 0 Å². The Morgan fingerprint density at radius 3 is 1.97 bits per heavy atom. The highest BCUT2D eigenvalue weighted by molar-refractivity contribution is 7.47. The van der Waals surface area contributed by atoms with Gasteiger partial charge in [0.05, 0.1) is 20.0 Å². The normalized spacial score (nSPS) is 19.3. The fourth-order valence-electron chi connectivity index (χ4n) is 2.66. The van der Waals surface area contributed by atoms with E-state index in [-0.39, 0.29) is 6.42 Å². The number of aliphatic carboxylic acids is 1. The van der Waals surface area contributed by atoms with Gasteiger partial charge >= 0.3 is 19.8 Å². The van der Waals surface area contributed by atoms with Crippen LogP contribution >= 0.6 is 7.82 Å². The van der Waals surface area contributed by atoms with Gasteiger partial charge in [-0.05, 0) is 6.42 Å². The van der Waals surface area contributed by atoms with Crippen LogP contribution in [0.2, 0.25) is 0 Å². The van der Waals surface area contributed by atoms with E-state index in [1.165, 1.54) is 38.5 Å². The number of carbonyl (C=O) groups is 2. The smallest absolute Gasteiger partial charge is 0.472 e. The molecule has 0 aromatic carbocycles. The van der Waals surface area contributed by atoms with Crippen LogP contribution in [0.3, 0.4) is 0 Å². The number of nitrogens with two attached hydrogens (primary N) is 1. The molecule has 5 N–H and O–H groups in total. The first kappa shape index (κ1) is 22.7. The summed E-state index contributed by atoms with van der Waals surface area (Å²) in [6, 6.07) is -1.77. The molecule has 0 aliphatic carbocycles. The molecule has 32 heavy (non-hydrogen) atoms. The van der Waals surface area contributed by atoms with Crippen LogP contribution in [0, 0.1) is 0 Å². The van der Waals surface area contributed by atoms with Crippen molar-refractivity contribution >= 4 is 19.8 Å². The first-order valence-electron chi connectivity index (χ1n) is 13.6. The average Bonchev–Trinajstić information content (AvgIpc) is 2.76. The highest BCUT2D eigenvalue weighted by Gasteiger charge is 2.26. The molecule has 0 spiro atoms. The molecule has 0 rings (SSSR count). The van der Waals surface area contributed by atoms with Crippen molar-refractivity contribution < 1.29 is 49.9 Å². The summed E-state index contributed by atoms with van der Waals surface area (Å²) in [5.74, 6) is -2.74. The fraction of sp³-hybridized carbons (Fsp3) is 0.905. The number of aliphatic hydroxyl groups is 1. The van der Waals surface area contributed by atoms with Crippen molar-refractivity contribution in [2.24, 2.45) is 5.73 Å². The van der Waals surface area contributed by atoms with Crippen molar-refractivity contribution in [2.45, 2.75) is 103 Å². The quantitative estimate of drug-likeness (QED) is 0.101. The summed E-state index contributed by atoms with van der Waals surface area (Å²) >= 11 is 0. The van der Waals surface area contributed by atoms with Gasteiger partial charge in [-0.25, -0.2) is 4.57 Å². The minimum absolute atomic E-state index is 0.244. The number of hydrogen-bond donors (Lipinski definition) is 4. The maximum absolute atomic E-state index is 12.0. The van der Waals surface area contributed by atoms with E-state index < -0.39 is 51.6 Å². The average molecular weight is 489 g/mol. The number of hydrogen-bond acceptors (Lipinski definition) is 8. The van der Waals surface area contributed by atoms with E-state index in [0.717, 1.165) is 25.7 Å². The lowest BCUT2D eigenvalue weighted by Crippen LogP contribution is -2.34. The maximum Gasteiger partial charge on any atom is 0.472 e. The molecule has 0 heterocycles. The molecule has 0 bridgehead atoms. The third kappa shape index (κ3) is 19.6. The second-order valence-corrected chi connectivity index (χ2v) is 8.84. The number of ether oxygens (including phenoxy) is 1. The predicted octanol–water partition coefficient (Wildman–Crippen LogP) is 3.53. The van der Waals surface area contributed by atoms with Crippen LogP contribution in [-0.4, -0.2) is 58.9 Å². The minimum Gasteiger partial charge on any atom is -0.480 e. The molecular weight excluding hydrogens is 441 g/mol. The molecule has 0 fully saturated rings. The Morgan fingerprint density at radius 1 is 0.969 bits per heavy atom. The van der Waals surface area contributed by atoms with Crippen LogP contribution in [0.5, 0.6) is 0 Å². The molecule has 0 aliphatic heterocycles. The number of rotatable bonds is 22. The first-order valence-corrected chi connectivity index (χ1v) is 12.6. The number of carbonyl (C=O) groups excluding carboxylic acids is 1. The predicted molar refractivity (Wildman–Crippen MR) is 120 cm³/mol. The van der Waals surface area contributed by atoms with E-state index >= 15 is 0 Å². The summed E-state index contributed by atoms with van der Waals surface area (Å²) in [6.07, 6.45) is 8.35. The Bertz CT molecular complexity index is 743. The molecule has 3 atom stereocenters. The van der Waals surface area contributed by atoms with Crippen molar-refractivity contribution in [2.75, 3.05) is 19.7 Å². The Kier molecular flexibility index (Phi) is 13.8. The Labute approximate surface area is 198 Å². The third-order valence-electron chi connectivity index (χ3n) is 4.49. The van der Waals surface area contributed by atoms with Crippen LogP contribution in [0.1, 0.15) is 97.2 Å². The number of phosphoric ester groups is 1. The van der Waals surface area contributed by atoms with Crippen molar-refractivity contribution in [3.63, 3.8) is 0 Å². The van der Waals surface area contributed by atoms with Gasteiger partial charge in [-0.3, -0.25) is 18.6 Å². The van der Waals surface area contributed by atoms with Crippen LogP contribution in [0.25, 0.3) is 0 Å². The second-order valence-electron chi connectivity index (χ2n) is 7.47. The Morgan fingerprint density at radius 2 is 1.47 bits per heavy atom. The third-order valence-corrected chi connectivity index (χ3v) is 5.29. The van der Waals surface area contributed by atoms with E-state index in [9.17, 15) is 24.2 Å². The Balaban J connectivity index is 4.51. The van der Waals surface area contributed by atoms with E-state index in [0.29, 0.717) is 12.8 Å². The van der Waals surface area contributed by atoms with Gasteiger partial charge in [0.1, 0.15) is 18.7 Å². The first-order chi connectivity index (χ1) is 17.0. The van der Waals surface area contributed by atoms with Crippen molar-refractivity contribution in [3.8, 4) is 0 Å². The van der Waals surface area contributed by atoms with Gasteiger partial charge in [-0.15, -0.1) is 0 Å². The Hall–Kier alpha value is -1.03. The molecule has 10 nitrogen and oxygen atoms in total. The van der Waals surface area contributed by atoms with Crippen molar-refractivity contribution in [1.82, 2.24) is 0 Å². The summed E-state index contributed by atoms with van der Waals surface area (Å²) in [5.41, 5.74) is 5.09. The standard InChI is InChI=1S/C21H42NO9P/c1-2-3-4-5-6-7-8-9-10-11-12-13-14-20(24)29-15-18(23)16-30-32(27,28)31-17-19(22)21(25)26/h18-19,23H,2-17,22H2,1H3,(H,25,26)(H,27,28)/t18-,19+/m1/s1/i15D2,16D2,18D. The summed E-state index contributed by atoms with van der Waals surface area (Å²) < 4.78 is 62.8. The second kappa shape index (κ2) is 19.4. The number of esters is 1.